The standard InChI is InChI=1S/C12H12FNO2S/c1-12(2,3)16-11(15)9-4-7-8(13)5-14-6-10(7)17-9/h4-6H,1-3H3. The van der Waals surface area contributed by atoms with Crippen molar-refractivity contribution in [2.45, 2.75) is 26.4 Å². The lowest BCUT2D eigenvalue weighted by Crippen LogP contribution is -2.23. The molecule has 0 amide bonds. The molecular weight excluding hydrogens is 241 g/mol. The molecule has 0 saturated heterocycles. The van der Waals surface area contributed by atoms with Gasteiger partial charge in [0.1, 0.15) is 16.3 Å². The highest BCUT2D eigenvalue weighted by atomic mass is 32.1. The Bertz CT molecular complexity index is 571. The highest BCUT2D eigenvalue weighted by Crippen LogP contribution is 2.28. The third kappa shape index (κ3) is 2.61. The first-order valence-electron chi connectivity index (χ1n) is 5.13. The van der Waals surface area contributed by atoms with Crippen LogP contribution in [0.15, 0.2) is 18.5 Å². The molecule has 0 unspecified atom stereocenters. The molecule has 0 fully saturated rings. The average Bonchev–Trinajstić information content (AvgIpc) is 2.60. The number of hydrogen-bond acceptors (Lipinski definition) is 4. The van der Waals surface area contributed by atoms with E-state index >= 15 is 0 Å². The van der Waals surface area contributed by atoms with E-state index in [0.29, 0.717) is 15.0 Å². The molecule has 0 atom stereocenters. The molecule has 2 rings (SSSR count). The Kier molecular flexibility index (Phi) is 2.87. The van der Waals surface area contributed by atoms with Crippen molar-refractivity contribution in [3.05, 3.63) is 29.2 Å². The highest BCUT2D eigenvalue weighted by Gasteiger charge is 2.20. The number of rotatable bonds is 1. The summed E-state index contributed by atoms with van der Waals surface area (Å²) < 4.78 is 19.3. The summed E-state index contributed by atoms with van der Waals surface area (Å²) in [5.41, 5.74) is -0.552. The van der Waals surface area contributed by atoms with Crippen LogP contribution in [0.5, 0.6) is 0 Å². The smallest absolute Gasteiger partial charge is 0.348 e. The van der Waals surface area contributed by atoms with Gasteiger partial charge < -0.3 is 4.74 Å². The SMILES string of the molecule is CC(C)(C)OC(=O)c1cc2c(F)cncc2s1. The quantitative estimate of drug-likeness (QED) is 0.731. The molecule has 0 aliphatic heterocycles. The molecule has 0 aliphatic rings. The Morgan fingerprint density at radius 2 is 2.12 bits per heavy atom. The molecule has 2 aromatic rings. The fourth-order valence-electron chi connectivity index (χ4n) is 1.36. The Morgan fingerprint density at radius 3 is 2.71 bits per heavy atom. The predicted molar refractivity (Wildman–Crippen MR) is 64.7 cm³/mol. The molecule has 0 saturated carbocycles. The van der Waals surface area contributed by atoms with Gasteiger partial charge in [-0.1, -0.05) is 0 Å². The molecule has 17 heavy (non-hydrogen) atoms. The maximum atomic E-state index is 13.4. The molecule has 0 aliphatic carbocycles. The normalized spacial score (nSPS) is 11.8. The first kappa shape index (κ1) is 12.0. The van der Waals surface area contributed by atoms with Crippen LogP contribution in [0.1, 0.15) is 30.4 Å². The third-order valence-corrected chi connectivity index (χ3v) is 3.05. The number of esters is 1. The summed E-state index contributed by atoms with van der Waals surface area (Å²) >= 11 is 1.18. The van der Waals surface area contributed by atoms with E-state index in [0.717, 1.165) is 6.20 Å². The maximum Gasteiger partial charge on any atom is 0.348 e. The first-order chi connectivity index (χ1) is 7.87. The van der Waals surface area contributed by atoms with Gasteiger partial charge in [0.25, 0.3) is 0 Å². The summed E-state index contributed by atoms with van der Waals surface area (Å²) in [4.78, 5) is 15.9. The van der Waals surface area contributed by atoms with Crippen molar-refractivity contribution in [1.29, 1.82) is 0 Å². The summed E-state index contributed by atoms with van der Waals surface area (Å²) in [5.74, 6) is -0.855. The summed E-state index contributed by atoms with van der Waals surface area (Å²) in [6.07, 6.45) is 2.67. The third-order valence-electron chi connectivity index (χ3n) is 2.00. The summed E-state index contributed by atoms with van der Waals surface area (Å²) in [5, 5.41) is 0.408. The van der Waals surface area contributed by atoms with Gasteiger partial charge in [-0.05, 0) is 26.8 Å². The molecule has 0 spiro atoms. The van der Waals surface area contributed by atoms with Gasteiger partial charge in [0, 0.05) is 11.6 Å². The summed E-state index contributed by atoms with van der Waals surface area (Å²) in [7, 11) is 0. The van der Waals surface area contributed by atoms with Crippen molar-refractivity contribution in [3.63, 3.8) is 0 Å². The van der Waals surface area contributed by atoms with Crippen LogP contribution >= 0.6 is 11.3 Å². The van der Waals surface area contributed by atoms with Gasteiger partial charge in [0.15, 0.2) is 0 Å². The van der Waals surface area contributed by atoms with Crippen molar-refractivity contribution < 1.29 is 13.9 Å². The van der Waals surface area contributed by atoms with E-state index in [1.165, 1.54) is 23.6 Å². The van der Waals surface area contributed by atoms with Crippen molar-refractivity contribution in [3.8, 4) is 0 Å². The molecule has 2 aromatic heterocycles. The van der Waals surface area contributed by atoms with E-state index in [1.807, 2.05) is 0 Å². The number of nitrogens with zero attached hydrogens (tertiary/aromatic N) is 1. The molecule has 0 aromatic carbocycles. The van der Waals surface area contributed by atoms with E-state index in [4.69, 9.17) is 4.74 Å². The molecule has 0 N–H and O–H groups in total. The number of pyridine rings is 1. The Labute approximate surface area is 102 Å². The molecule has 2 heterocycles. The number of ether oxygens (including phenoxy) is 1. The van der Waals surface area contributed by atoms with Crippen molar-refractivity contribution >= 4 is 27.4 Å². The van der Waals surface area contributed by atoms with Crippen LogP contribution in [-0.2, 0) is 4.74 Å². The number of thiophene rings is 1. The van der Waals surface area contributed by atoms with Crippen molar-refractivity contribution in [1.82, 2.24) is 4.98 Å². The van der Waals surface area contributed by atoms with E-state index in [9.17, 15) is 9.18 Å². The number of carbonyl (C=O) groups excluding carboxylic acids is 1. The molecule has 0 radical (unpaired) electrons. The fraction of sp³-hybridized carbons (Fsp3) is 0.333. The highest BCUT2D eigenvalue weighted by molar-refractivity contribution is 7.20. The average molecular weight is 253 g/mol. The van der Waals surface area contributed by atoms with Crippen molar-refractivity contribution in [2.24, 2.45) is 0 Å². The Balaban J connectivity index is 2.37. The van der Waals surface area contributed by atoms with Gasteiger partial charge in [0.2, 0.25) is 0 Å². The van der Waals surface area contributed by atoms with Gasteiger partial charge in [-0.15, -0.1) is 11.3 Å². The number of carbonyl (C=O) groups is 1. The minimum absolute atomic E-state index is 0.391. The molecule has 90 valence electrons. The Hall–Kier alpha value is -1.49. The van der Waals surface area contributed by atoms with Crippen LogP contribution in [0, 0.1) is 5.82 Å². The van der Waals surface area contributed by atoms with Gasteiger partial charge in [-0.3, -0.25) is 4.98 Å². The molecule has 5 heteroatoms. The maximum absolute atomic E-state index is 13.4. The number of fused-ring (bicyclic) bond motifs is 1. The zero-order chi connectivity index (χ0) is 12.6. The minimum atomic E-state index is -0.552. The van der Waals surface area contributed by atoms with Crippen LogP contribution < -0.4 is 0 Å². The van der Waals surface area contributed by atoms with E-state index in [2.05, 4.69) is 4.98 Å². The minimum Gasteiger partial charge on any atom is -0.456 e. The van der Waals surface area contributed by atoms with Crippen LogP contribution in [0.4, 0.5) is 4.39 Å². The van der Waals surface area contributed by atoms with Gasteiger partial charge >= 0.3 is 5.97 Å². The Morgan fingerprint density at radius 1 is 1.41 bits per heavy atom. The molecular formula is C12H12FNO2S. The van der Waals surface area contributed by atoms with Crippen molar-refractivity contribution in [2.75, 3.05) is 0 Å². The second kappa shape index (κ2) is 4.07. The topological polar surface area (TPSA) is 39.2 Å². The zero-order valence-corrected chi connectivity index (χ0v) is 10.6. The lowest BCUT2D eigenvalue weighted by atomic mass is 10.2. The molecule has 0 bridgehead atoms. The fourth-order valence-corrected chi connectivity index (χ4v) is 2.28. The summed E-state index contributed by atoms with van der Waals surface area (Å²) in [6, 6.07) is 1.51. The second-order valence-corrected chi connectivity index (χ2v) is 5.73. The van der Waals surface area contributed by atoms with Crippen LogP contribution in [-0.4, -0.2) is 16.6 Å². The molecule has 3 nitrogen and oxygen atoms in total. The van der Waals surface area contributed by atoms with Crippen LogP contribution in [0.3, 0.4) is 0 Å². The largest absolute Gasteiger partial charge is 0.456 e. The number of aromatic nitrogens is 1. The second-order valence-electron chi connectivity index (χ2n) is 4.65. The van der Waals surface area contributed by atoms with Crippen LogP contribution in [0.25, 0.3) is 10.1 Å². The van der Waals surface area contributed by atoms with Gasteiger partial charge in [-0.2, -0.15) is 0 Å². The lowest BCUT2D eigenvalue weighted by Gasteiger charge is -2.18. The first-order valence-corrected chi connectivity index (χ1v) is 5.95. The van der Waals surface area contributed by atoms with E-state index in [-0.39, 0.29) is 0 Å². The van der Waals surface area contributed by atoms with Gasteiger partial charge in [0.05, 0.1) is 10.9 Å². The zero-order valence-electron chi connectivity index (χ0n) is 9.78. The van der Waals surface area contributed by atoms with Crippen LogP contribution in [0.2, 0.25) is 0 Å². The monoisotopic (exact) mass is 253 g/mol. The predicted octanol–water partition coefficient (Wildman–Crippen LogP) is 3.39. The lowest BCUT2D eigenvalue weighted by molar-refractivity contribution is 0.00753. The number of hydrogen-bond donors (Lipinski definition) is 0. The number of halogens is 1. The van der Waals surface area contributed by atoms with E-state index < -0.39 is 17.4 Å². The van der Waals surface area contributed by atoms with Gasteiger partial charge in [-0.25, -0.2) is 9.18 Å². The summed E-state index contributed by atoms with van der Waals surface area (Å²) in [6.45, 7) is 5.38. The van der Waals surface area contributed by atoms with E-state index in [1.54, 1.807) is 20.8 Å².